The highest BCUT2D eigenvalue weighted by atomic mass is 32.2. The minimum absolute atomic E-state index is 0.0120. The minimum atomic E-state index is -3.72. The number of nitrogens with two attached hydrogens (primary N) is 1. The first kappa shape index (κ1) is 17.4. The van der Waals surface area contributed by atoms with Gasteiger partial charge in [-0.1, -0.05) is 19.1 Å². The van der Waals surface area contributed by atoms with Gasteiger partial charge in [0.05, 0.1) is 11.4 Å². The van der Waals surface area contributed by atoms with Crippen molar-refractivity contribution in [3.63, 3.8) is 0 Å². The lowest BCUT2D eigenvalue weighted by atomic mass is 10.3. The largest absolute Gasteiger partial charge is 0.325 e. The summed E-state index contributed by atoms with van der Waals surface area (Å²) in [6.07, 6.45) is 0. The highest BCUT2D eigenvalue weighted by Gasteiger charge is 2.11. The molecule has 0 aliphatic heterocycles. The Balaban J connectivity index is 2.64. The molecule has 1 rings (SSSR count). The molecule has 0 unspecified atom stereocenters. The zero-order valence-electron chi connectivity index (χ0n) is 12.3. The Morgan fingerprint density at radius 1 is 1.29 bits per heavy atom. The average molecular weight is 311 g/mol. The first-order chi connectivity index (χ1) is 9.72. The number of carbonyl (C=O) groups excluding carboxylic acids is 1. The number of primary sulfonamides is 1. The number of benzene rings is 1. The molecular weight excluding hydrogens is 290 g/mol. The van der Waals surface area contributed by atoms with Crippen LogP contribution in [0.25, 0.3) is 0 Å². The molecule has 0 aliphatic carbocycles. The van der Waals surface area contributed by atoms with Crippen molar-refractivity contribution in [3.8, 4) is 0 Å². The summed E-state index contributed by atoms with van der Waals surface area (Å²) in [4.78, 5) is 13.9. The zero-order valence-corrected chi connectivity index (χ0v) is 13.1. The highest BCUT2D eigenvalue weighted by molar-refractivity contribution is 7.89. The zero-order chi connectivity index (χ0) is 16.0. The fraction of sp³-hybridized carbons (Fsp3) is 0.357. The van der Waals surface area contributed by atoms with Gasteiger partial charge in [0.1, 0.15) is 0 Å². The lowest BCUT2D eigenvalue weighted by Gasteiger charge is -2.19. The van der Waals surface area contributed by atoms with E-state index in [1.165, 1.54) is 24.3 Å². The van der Waals surface area contributed by atoms with Crippen molar-refractivity contribution < 1.29 is 13.2 Å². The Labute approximate surface area is 125 Å². The molecule has 0 heterocycles. The molecule has 21 heavy (non-hydrogen) atoms. The number of amides is 1. The number of hydrogen-bond acceptors (Lipinski definition) is 4. The average Bonchev–Trinajstić information content (AvgIpc) is 2.36. The Morgan fingerprint density at radius 3 is 2.29 bits per heavy atom. The van der Waals surface area contributed by atoms with Gasteiger partial charge < -0.3 is 5.32 Å². The van der Waals surface area contributed by atoms with Crippen LogP contribution in [0.4, 0.5) is 5.69 Å². The second-order valence-electron chi connectivity index (χ2n) is 4.88. The van der Waals surface area contributed by atoms with Gasteiger partial charge in [-0.15, -0.1) is 0 Å². The van der Waals surface area contributed by atoms with Crippen LogP contribution in [0.2, 0.25) is 0 Å². The van der Waals surface area contributed by atoms with E-state index >= 15 is 0 Å². The predicted molar refractivity (Wildman–Crippen MR) is 83.4 cm³/mol. The Kier molecular flexibility index (Phi) is 6.07. The van der Waals surface area contributed by atoms with E-state index in [1.54, 1.807) is 0 Å². The van der Waals surface area contributed by atoms with Crippen molar-refractivity contribution in [2.45, 2.75) is 18.7 Å². The molecule has 3 N–H and O–H groups in total. The maximum Gasteiger partial charge on any atom is 0.238 e. The van der Waals surface area contributed by atoms with Crippen LogP contribution in [0.15, 0.2) is 41.3 Å². The Hall–Kier alpha value is -1.70. The minimum Gasteiger partial charge on any atom is -0.325 e. The summed E-state index contributed by atoms with van der Waals surface area (Å²) in [5.41, 5.74) is 1.51. The van der Waals surface area contributed by atoms with Crippen LogP contribution in [0.3, 0.4) is 0 Å². The Bertz CT molecular complexity index is 609. The molecular formula is C14H21N3O3S. The summed E-state index contributed by atoms with van der Waals surface area (Å²) in [6.45, 7) is 9.36. The third-order valence-corrected chi connectivity index (χ3v) is 3.70. The number of rotatable bonds is 7. The second-order valence-corrected chi connectivity index (χ2v) is 6.44. The number of anilines is 1. The Morgan fingerprint density at radius 2 is 1.86 bits per heavy atom. The molecule has 0 aromatic heterocycles. The number of nitrogens with zero attached hydrogens (tertiary/aromatic N) is 1. The molecule has 0 spiro atoms. The standard InChI is InChI=1S/C14H21N3O3S/c1-4-17(9-11(2)3)10-14(18)16-12-5-7-13(8-6-12)21(15,19)20/h5-8H,2,4,9-10H2,1,3H3,(H,16,18)(H2,15,19,20). The summed E-state index contributed by atoms with van der Waals surface area (Å²) in [7, 11) is -3.72. The highest BCUT2D eigenvalue weighted by Crippen LogP contribution is 2.12. The van der Waals surface area contributed by atoms with Gasteiger partial charge in [-0.05, 0) is 37.7 Å². The van der Waals surface area contributed by atoms with Gasteiger partial charge in [-0.3, -0.25) is 9.69 Å². The number of carbonyl (C=O) groups is 1. The molecule has 116 valence electrons. The van der Waals surface area contributed by atoms with Crippen LogP contribution in [0, 0.1) is 0 Å². The van der Waals surface area contributed by atoms with Crippen molar-refractivity contribution in [1.82, 2.24) is 4.90 Å². The van der Waals surface area contributed by atoms with Gasteiger partial charge in [-0.2, -0.15) is 0 Å². The number of sulfonamides is 1. The number of likely N-dealkylation sites (N-methyl/N-ethyl adjacent to an activating group) is 1. The molecule has 0 atom stereocenters. The fourth-order valence-corrected chi connectivity index (χ4v) is 2.31. The van der Waals surface area contributed by atoms with Crippen LogP contribution in [0.1, 0.15) is 13.8 Å². The first-order valence-electron chi connectivity index (χ1n) is 6.52. The first-order valence-corrected chi connectivity index (χ1v) is 8.06. The molecule has 1 aromatic carbocycles. The molecule has 0 saturated carbocycles. The molecule has 0 bridgehead atoms. The van der Waals surface area contributed by atoms with E-state index in [-0.39, 0.29) is 17.3 Å². The van der Waals surface area contributed by atoms with Crippen LogP contribution >= 0.6 is 0 Å². The van der Waals surface area contributed by atoms with Crippen molar-refractivity contribution >= 4 is 21.6 Å². The van der Waals surface area contributed by atoms with Crippen LogP contribution in [0.5, 0.6) is 0 Å². The quantitative estimate of drug-likeness (QED) is 0.739. The molecule has 7 heteroatoms. The van der Waals surface area contributed by atoms with Gasteiger partial charge in [0.25, 0.3) is 0 Å². The molecule has 0 radical (unpaired) electrons. The van der Waals surface area contributed by atoms with Crippen molar-refractivity contribution in [2.24, 2.45) is 5.14 Å². The van der Waals surface area contributed by atoms with E-state index in [0.29, 0.717) is 12.2 Å². The van der Waals surface area contributed by atoms with E-state index in [4.69, 9.17) is 5.14 Å². The van der Waals surface area contributed by atoms with E-state index in [1.807, 2.05) is 18.7 Å². The smallest absolute Gasteiger partial charge is 0.238 e. The van der Waals surface area contributed by atoms with Gasteiger partial charge in [0.15, 0.2) is 0 Å². The molecule has 0 aliphatic rings. The van der Waals surface area contributed by atoms with E-state index in [0.717, 1.165) is 12.1 Å². The van der Waals surface area contributed by atoms with Crippen molar-refractivity contribution in [3.05, 3.63) is 36.4 Å². The van der Waals surface area contributed by atoms with Crippen molar-refractivity contribution in [1.29, 1.82) is 0 Å². The second kappa shape index (κ2) is 7.35. The van der Waals surface area contributed by atoms with Gasteiger partial charge in [0, 0.05) is 12.2 Å². The summed E-state index contributed by atoms with van der Waals surface area (Å²) < 4.78 is 22.3. The third-order valence-electron chi connectivity index (χ3n) is 2.77. The van der Waals surface area contributed by atoms with Gasteiger partial charge in [-0.25, -0.2) is 13.6 Å². The topological polar surface area (TPSA) is 92.5 Å². The van der Waals surface area contributed by atoms with Gasteiger partial charge in [0.2, 0.25) is 15.9 Å². The normalized spacial score (nSPS) is 11.4. The predicted octanol–water partition coefficient (Wildman–Crippen LogP) is 1.17. The van der Waals surface area contributed by atoms with Crippen LogP contribution < -0.4 is 10.5 Å². The molecule has 1 amide bonds. The number of nitrogens with one attached hydrogen (secondary N) is 1. The van der Waals surface area contributed by atoms with Crippen LogP contribution in [-0.4, -0.2) is 38.9 Å². The summed E-state index contributed by atoms with van der Waals surface area (Å²) in [5.74, 6) is -0.165. The third kappa shape index (κ3) is 6.07. The molecule has 0 saturated heterocycles. The van der Waals surface area contributed by atoms with E-state index < -0.39 is 10.0 Å². The maximum absolute atomic E-state index is 11.9. The number of hydrogen-bond donors (Lipinski definition) is 2. The lowest BCUT2D eigenvalue weighted by molar-refractivity contribution is -0.117. The summed E-state index contributed by atoms with van der Waals surface area (Å²) in [5, 5.41) is 7.72. The van der Waals surface area contributed by atoms with Crippen molar-refractivity contribution in [2.75, 3.05) is 25.0 Å². The lowest BCUT2D eigenvalue weighted by Crippen LogP contribution is -2.34. The van der Waals surface area contributed by atoms with E-state index in [2.05, 4.69) is 11.9 Å². The molecule has 6 nitrogen and oxygen atoms in total. The summed E-state index contributed by atoms with van der Waals surface area (Å²) >= 11 is 0. The molecule has 1 aromatic rings. The SMILES string of the molecule is C=C(C)CN(CC)CC(=O)Nc1ccc(S(N)(=O)=O)cc1. The summed E-state index contributed by atoms with van der Waals surface area (Å²) in [6, 6.07) is 5.73. The van der Waals surface area contributed by atoms with Crippen LogP contribution in [-0.2, 0) is 14.8 Å². The molecule has 0 fully saturated rings. The maximum atomic E-state index is 11.9. The van der Waals surface area contributed by atoms with Gasteiger partial charge >= 0.3 is 0 Å². The fourth-order valence-electron chi connectivity index (χ4n) is 1.79. The van der Waals surface area contributed by atoms with E-state index in [9.17, 15) is 13.2 Å². The monoisotopic (exact) mass is 311 g/mol.